The summed E-state index contributed by atoms with van der Waals surface area (Å²) in [5.74, 6) is -0.921. The van der Waals surface area contributed by atoms with Crippen molar-refractivity contribution in [3.05, 3.63) is 81.8 Å². The highest BCUT2D eigenvalue weighted by Gasteiger charge is 2.23. The summed E-state index contributed by atoms with van der Waals surface area (Å²) in [5, 5.41) is 7.62. The molecule has 0 bridgehead atoms. The zero-order chi connectivity index (χ0) is 23.4. The Kier molecular flexibility index (Phi) is 6.45. The Labute approximate surface area is 192 Å². The number of aromatic nitrogens is 3. The maximum Gasteiger partial charge on any atom is 0.311 e. The molecule has 4 aromatic rings. The Morgan fingerprint density at radius 2 is 1.88 bits per heavy atom. The first kappa shape index (κ1) is 22.2. The summed E-state index contributed by atoms with van der Waals surface area (Å²) in [6, 6.07) is 16.2. The number of rotatable bonds is 7. The average molecular weight is 464 g/mol. The number of hydrogen-bond acceptors (Lipinski definition) is 7. The van der Waals surface area contributed by atoms with E-state index in [9.17, 15) is 14.4 Å². The van der Waals surface area contributed by atoms with Gasteiger partial charge in [-0.1, -0.05) is 48.6 Å². The number of benzene rings is 2. The van der Waals surface area contributed by atoms with Gasteiger partial charge in [0.2, 0.25) is 5.13 Å². The minimum Gasteiger partial charge on any atom is -0.469 e. The predicted octanol–water partition coefficient (Wildman–Crippen LogP) is 3.03. The van der Waals surface area contributed by atoms with E-state index < -0.39 is 17.4 Å². The zero-order valence-corrected chi connectivity index (χ0v) is 18.8. The summed E-state index contributed by atoms with van der Waals surface area (Å²) < 4.78 is 7.00. The molecule has 33 heavy (non-hydrogen) atoms. The highest BCUT2D eigenvalue weighted by atomic mass is 32.1. The smallest absolute Gasteiger partial charge is 0.311 e. The molecule has 1 amide bonds. The van der Waals surface area contributed by atoms with Crippen molar-refractivity contribution in [2.75, 3.05) is 7.11 Å². The SMILES string of the molecule is CC/C(=N\NC(=O)c1ccccc1)c1c(CC(=O)OC)[nH]n(-c2nc3ccccc3s2)c1=O. The van der Waals surface area contributed by atoms with E-state index >= 15 is 0 Å². The van der Waals surface area contributed by atoms with Crippen LogP contribution in [-0.4, -0.2) is 39.5 Å². The Morgan fingerprint density at radius 1 is 1.15 bits per heavy atom. The van der Waals surface area contributed by atoms with Crippen LogP contribution in [0.25, 0.3) is 15.3 Å². The van der Waals surface area contributed by atoms with Crippen molar-refractivity contribution in [3.8, 4) is 5.13 Å². The van der Waals surface area contributed by atoms with Crippen molar-refractivity contribution in [1.82, 2.24) is 20.2 Å². The summed E-state index contributed by atoms with van der Waals surface area (Å²) in [6.45, 7) is 1.81. The summed E-state index contributed by atoms with van der Waals surface area (Å²) in [6.07, 6.45) is 0.181. The largest absolute Gasteiger partial charge is 0.469 e. The number of amides is 1. The van der Waals surface area contributed by atoms with E-state index in [1.54, 1.807) is 30.3 Å². The predicted molar refractivity (Wildman–Crippen MR) is 126 cm³/mol. The molecule has 0 aliphatic carbocycles. The minimum atomic E-state index is -0.516. The fourth-order valence-corrected chi connectivity index (χ4v) is 4.22. The molecule has 0 saturated carbocycles. The van der Waals surface area contributed by atoms with Crippen LogP contribution in [0.4, 0.5) is 0 Å². The van der Waals surface area contributed by atoms with E-state index in [1.807, 2.05) is 31.2 Å². The van der Waals surface area contributed by atoms with Crippen molar-refractivity contribution in [1.29, 1.82) is 0 Å². The van der Waals surface area contributed by atoms with E-state index in [0.29, 0.717) is 28.5 Å². The number of carbonyl (C=O) groups is 2. The topological polar surface area (TPSA) is 118 Å². The number of para-hydroxylation sites is 1. The van der Waals surface area contributed by atoms with Gasteiger partial charge in [0.15, 0.2) is 0 Å². The molecule has 9 nitrogen and oxygen atoms in total. The van der Waals surface area contributed by atoms with Crippen molar-refractivity contribution in [2.24, 2.45) is 5.10 Å². The Hall–Kier alpha value is -4.05. The first-order valence-electron chi connectivity index (χ1n) is 10.2. The molecule has 0 unspecified atom stereocenters. The number of methoxy groups -OCH3 is 1. The maximum atomic E-state index is 13.4. The number of H-pyrrole nitrogens is 1. The highest BCUT2D eigenvalue weighted by Crippen LogP contribution is 2.24. The van der Waals surface area contributed by atoms with Crippen molar-refractivity contribution in [3.63, 3.8) is 0 Å². The normalized spacial score (nSPS) is 11.5. The molecular formula is C23H21N5O4S. The molecule has 0 aliphatic rings. The average Bonchev–Trinajstić information content (AvgIpc) is 3.41. The van der Waals surface area contributed by atoms with Gasteiger partial charge < -0.3 is 4.74 Å². The van der Waals surface area contributed by atoms with E-state index in [-0.39, 0.29) is 12.0 Å². The molecule has 0 saturated heterocycles. The fraction of sp³-hybridized carbons (Fsp3) is 0.174. The molecule has 0 fully saturated rings. The van der Waals surface area contributed by atoms with E-state index in [0.717, 1.165) is 10.2 Å². The van der Waals surface area contributed by atoms with Crippen LogP contribution in [-0.2, 0) is 16.0 Å². The molecule has 2 heterocycles. The summed E-state index contributed by atoms with van der Waals surface area (Å²) in [5.41, 5.74) is 4.15. The number of thiazole rings is 1. The van der Waals surface area contributed by atoms with Crippen LogP contribution in [0.3, 0.4) is 0 Å². The van der Waals surface area contributed by atoms with Gasteiger partial charge in [-0.05, 0) is 30.7 Å². The Morgan fingerprint density at radius 3 is 2.58 bits per heavy atom. The number of carbonyl (C=O) groups excluding carboxylic acids is 2. The minimum absolute atomic E-state index is 0.162. The quantitative estimate of drug-likeness (QED) is 0.248. The number of nitrogens with one attached hydrogen (secondary N) is 2. The van der Waals surface area contributed by atoms with Gasteiger partial charge in [-0.3, -0.25) is 19.5 Å². The van der Waals surface area contributed by atoms with Gasteiger partial charge in [0.05, 0.1) is 40.7 Å². The van der Waals surface area contributed by atoms with Crippen LogP contribution in [0.15, 0.2) is 64.5 Å². The highest BCUT2D eigenvalue weighted by molar-refractivity contribution is 7.20. The Balaban J connectivity index is 1.76. The van der Waals surface area contributed by atoms with Crippen molar-refractivity contribution < 1.29 is 14.3 Å². The van der Waals surface area contributed by atoms with Crippen LogP contribution in [0.1, 0.15) is 35.0 Å². The number of ether oxygens (including phenoxy) is 1. The molecule has 10 heteroatoms. The zero-order valence-electron chi connectivity index (χ0n) is 18.0. The van der Waals surface area contributed by atoms with E-state index in [1.165, 1.54) is 23.1 Å². The molecule has 0 radical (unpaired) electrons. The monoisotopic (exact) mass is 463 g/mol. The van der Waals surface area contributed by atoms with Crippen LogP contribution >= 0.6 is 11.3 Å². The van der Waals surface area contributed by atoms with Crippen LogP contribution < -0.4 is 11.0 Å². The summed E-state index contributed by atoms with van der Waals surface area (Å²) in [4.78, 5) is 42.4. The molecule has 2 aromatic carbocycles. The molecule has 2 aromatic heterocycles. The van der Waals surface area contributed by atoms with Crippen LogP contribution in [0, 0.1) is 0 Å². The van der Waals surface area contributed by atoms with Crippen LogP contribution in [0.2, 0.25) is 0 Å². The third kappa shape index (κ3) is 4.60. The first-order valence-corrected chi connectivity index (χ1v) is 11.0. The lowest BCUT2D eigenvalue weighted by Gasteiger charge is -2.05. The number of fused-ring (bicyclic) bond motifs is 1. The van der Waals surface area contributed by atoms with E-state index in [4.69, 9.17) is 4.74 Å². The second-order valence-corrected chi connectivity index (χ2v) is 8.05. The van der Waals surface area contributed by atoms with Gasteiger partial charge in [-0.25, -0.2) is 10.4 Å². The number of aromatic amines is 1. The lowest BCUT2D eigenvalue weighted by molar-refractivity contribution is -0.139. The third-order valence-corrected chi connectivity index (χ3v) is 5.96. The van der Waals surface area contributed by atoms with E-state index in [2.05, 4.69) is 20.6 Å². The van der Waals surface area contributed by atoms with Crippen molar-refractivity contribution >= 4 is 39.1 Å². The Bertz CT molecular complexity index is 1370. The fourth-order valence-electron chi connectivity index (χ4n) is 3.30. The summed E-state index contributed by atoms with van der Waals surface area (Å²) in [7, 11) is 1.28. The summed E-state index contributed by atoms with van der Waals surface area (Å²) >= 11 is 1.34. The second kappa shape index (κ2) is 9.61. The lowest BCUT2D eigenvalue weighted by atomic mass is 10.1. The van der Waals surface area contributed by atoms with Gasteiger partial charge >= 0.3 is 5.97 Å². The van der Waals surface area contributed by atoms with Gasteiger partial charge in [-0.2, -0.15) is 9.78 Å². The lowest BCUT2D eigenvalue weighted by Crippen LogP contribution is -2.25. The number of hydrogen-bond donors (Lipinski definition) is 2. The van der Waals surface area contributed by atoms with Crippen LogP contribution in [0.5, 0.6) is 0 Å². The maximum absolute atomic E-state index is 13.4. The standard InChI is InChI=1S/C23H21N5O4S/c1-3-15(25-26-21(30)14-9-5-4-6-10-14)20-17(13-19(29)32-2)27-28(22(20)31)23-24-16-11-7-8-12-18(16)33-23/h4-12,27H,3,13H2,1-2H3,(H,26,30)/b25-15+. The number of nitrogens with zero attached hydrogens (tertiary/aromatic N) is 3. The number of hydrazone groups is 1. The van der Waals surface area contributed by atoms with Crippen molar-refractivity contribution in [2.45, 2.75) is 19.8 Å². The first-order chi connectivity index (χ1) is 16.0. The molecule has 168 valence electrons. The van der Waals surface area contributed by atoms with Gasteiger partial charge in [0.1, 0.15) is 0 Å². The third-order valence-electron chi connectivity index (χ3n) is 4.94. The molecule has 2 N–H and O–H groups in total. The van der Waals surface area contributed by atoms with Gasteiger partial charge in [0, 0.05) is 5.56 Å². The molecular weight excluding hydrogens is 442 g/mol. The molecule has 0 aliphatic heterocycles. The second-order valence-electron chi connectivity index (χ2n) is 7.04. The van der Waals surface area contributed by atoms with Gasteiger partial charge in [-0.15, -0.1) is 0 Å². The molecule has 0 atom stereocenters. The van der Waals surface area contributed by atoms with Gasteiger partial charge in [0.25, 0.3) is 11.5 Å². The number of esters is 1. The molecule has 4 rings (SSSR count). The molecule has 0 spiro atoms.